The fourth-order valence-corrected chi connectivity index (χ4v) is 3.09. The smallest absolute Gasteiger partial charge is 0.214 e. The zero-order chi connectivity index (χ0) is 16.2. The first-order valence-electron chi connectivity index (χ1n) is 8.29. The third kappa shape index (κ3) is 3.84. The monoisotopic (exact) mass is 322 g/mol. The van der Waals surface area contributed by atoms with Gasteiger partial charge in [0.15, 0.2) is 5.96 Å². The number of ether oxygens (including phenoxy) is 2. The number of nitrogens with one attached hydrogen (secondary N) is 1. The molecule has 2 unspecified atom stereocenters. The number of aliphatic imine (C=N–C) groups is 1. The molecule has 2 saturated heterocycles. The van der Waals surface area contributed by atoms with Gasteiger partial charge in [0.05, 0.1) is 24.9 Å². The van der Waals surface area contributed by atoms with Gasteiger partial charge in [-0.2, -0.15) is 0 Å². The lowest BCUT2D eigenvalue weighted by Gasteiger charge is -2.37. The molecule has 0 radical (unpaired) electrons. The van der Waals surface area contributed by atoms with E-state index in [1.807, 2.05) is 13.8 Å². The van der Waals surface area contributed by atoms with Crippen molar-refractivity contribution >= 4 is 5.96 Å². The Morgan fingerprint density at radius 2 is 2.13 bits per heavy atom. The minimum atomic E-state index is 0.121. The van der Waals surface area contributed by atoms with Gasteiger partial charge in [-0.3, -0.25) is 4.99 Å². The molecule has 0 amide bonds. The maximum absolute atomic E-state index is 5.89. The minimum absolute atomic E-state index is 0.121. The molecule has 0 saturated carbocycles. The second-order valence-corrected chi connectivity index (χ2v) is 6.06. The maximum Gasteiger partial charge on any atom is 0.214 e. The van der Waals surface area contributed by atoms with E-state index < -0.39 is 0 Å². The molecule has 3 heterocycles. The standard InChI is InChI=1S/C16H26N4O3/c1-11-12(2)23-15(19-11)9-18-16(17-3)20-6-8-22-14(10-20)13-5-4-7-21-13/h13-14H,4-10H2,1-3H3,(H,17,18). The Balaban J connectivity index is 1.56. The summed E-state index contributed by atoms with van der Waals surface area (Å²) in [7, 11) is 1.80. The Hall–Kier alpha value is -1.60. The molecule has 2 aliphatic heterocycles. The zero-order valence-electron chi connectivity index (χ0n) is 14.2. The van der Waals surface area contributed by atoms with Gasteiger partial charge < -0.3 is 24.1 Å². The van der Waals surface area contributed by atoms with E-state index in [2.05, 4.69) is 20.2 Å². The second-order valence-electron chi connectivity index (χ2n) is 6.06. The number of aromatic nitrogens is 1. The molecular formula is C16H26N4O3. The summed E-state index contributed by atoms with van der Waals surface area (Å²) in [5.41, 5.74) is 0.932. The lowest BCUT2D eigenvalue weighted by molar-refractivity contribution is -0.0817. The first kappa shape index (κ1) is 16.3. The van der Waals surface area contributed by atoms with Gasteiger partial charge in [-0.15, -0.1) is 0 Å². The quantitative estimate of drug-likeness (QED) is 0.667. The van der Waals surface area contributed by atoms with Gasteiger partial charge in [-0.25, -0.2) is 4.98 Å². The Morgan fingerprint density at radius 1 is 1.30 bits per heavy atom. The summed E-state index contributed by atoms with van der Waals surface area (Å²) in [6.07, 6.45) is 2.55. The van der Waals surface area contributed by atoms with E-state index in [4.69, 9.17) is 13.9 Å². The number of oxazole rings is 1. The highest BCUT2D eigenvalue weighted by atomic mass is 16.5. The summed E-state index contributed by atoms with van der Waals surface area (Å²) in [6.45, 7) is 7.58. The van der Waals surface area contributed by atoms with Crippen LogP contribution >= 0.6 is 0 Å². The van der Waals surface area contributed by atoms with Gasteiger partial charge in [-0.05, 0) is 26.7 Å². The average molecular weight is 322 g/mol. The molecule has 0 aromatic carbocycles. The number of hydrogen-bond donors (Lipinski definition) is 1. The fourth-order valence-electron chi connectivity index (χ4n) is 3.09. The van der Waals surface area contributed by atoms with Crippen molar-refractivity contribution < 1.29 is 13.9 Å². The van der Waals surface area contributed by atoms with Crippen LogP contribution in [-0.2, 0) is 16.0 Å². The first-order chi connectivity index (χ1) is 11.2. The van der Waals surface area contributed by atoms with Gasteiger partial charge in [0.1, 0.15) is 11.9 Å². The molecule has 1 aromatic heterocycles. The van der Waals surface area contributed by atoms with Crippen LogP contribution < -0.4 is 5.32 Å². The Bertz CT molecular complexity index is 532. The van der Waals surface area contributed by atoms with Gasteiger partial charge in [-0.1, -0.05) is 0 Å². The number of guanidine groups is 1. The predicted molar refractivity (Wildman–Crippen MR) is 86.5 cm³/mol. The van der Waals surface area contributed by atoms with Gasteiger partial charge in [0, 0.05) is 26.7 Å². The highest BCUT2D eigenvalue weighted by Gasteiger charge is 2.32. The predicted octanol–water partition coefficient (Wildman–Crippen LogP) is 1.25. The van der Waals surface area contributed by atoms with Crippen LogP contribution in [0.5, 0.6) is 0 Å². The van der Waals surface area contributed by atoms with Crippen molar-refractivity contribution in [1.29, 1.82) is 0 Å². The molecule has 2 fully saturated rings. The molecule has 0 spiro atoms. The van der Waals surface area contributed by atoms with Crippen LogP contribution in [0.25, 0.3) is 0 Å². The van der Waals surface area contributed by atoms with E-state index in [0.29, 0.717) is 19.0 Å². The molecule has 0 aliphatic carbocycles. The molecule has 7 nitrogen and oxygen atoms in total. The van der Waals surface area contributed by atoms with Crippen molar-refractivity contribution in [3.05, 3.63) is 17.3 Å². The van der Waals surface area contributed by atoms with Gasteiger partial charge >= 0.3 is 0 Å². The number of rotatable bonds is 3. The largest absolute Gasteiger partial charge is 0.444 e. The van der Waals surface area contributed by atoms with Crippen molar-refractivity contribution in [2.75, 3.05) is 33.4 Å². The third-order valence-electron chi connectivity index (χ3n) is 4.45. The van der Waals surface area contributed by atoms with E-state index in [0.717, 1.165) is 50.0 Å². The van der Waals surface area contributed by atoms with Gasteiger partial charge in [0.2, 0.25) is 5.89 Å². The first-order valence-corrected chi connectivity index (χ1v) is 8.29. The van der Waals surface area contributed by atoms with Crippen molar-refractivity contribution in [2.24, 2.45) is 4.99 Å². The summed E-state index contributed by atoms with van der Waals surface area (Å²) >= 11 is 0. The maximum atomic E-state index is 5.89. The van der Waals surface area contributed by atoms with Crippen LogP contribution in [0, 0.1) is 13.8 Å². The van der Waals surface area contributed by atoms with Crippen LogP contribution in [0.15, 0.2) is 9.41 Å². The number of hydrogen-bond acceptors (Lipinski definition) is 5. The normalized spacial score (nSPS) is 25.9. The van der Waals surface area contributed by atoms with E-state index in [9.17, 15) is 0 Å². The van der Waals surface area contributed by atoms with Crippen molar-refractivity contribution in [2.45, 2.75) is 45.4 Å². The van der Waals surface area contributed by atoms with Gasteiger partial charge in [0.25, 0.3) is 0 Å². The Labute approximate surface area is 137 Å². The molecule has 3 rings (SSSR count). The summed E-state index contributed by atoms with van der Waals surface area (Å²) < 4.78 is 17.3. The van der Waals surface area contributed by atoms with E-state index in [1.165, 1.54) is 0 Å². The van der Waals surface area contributed by atoms with E-state index in [-0.39, 0.29) is 12.2 Å². The molecular weight excluding hydrogens is 296 g/mol. The van der Waals surface area contributed by atoms with Crippen LogP contribution in [-0.4, -0.2) is 61.4 Å². The summed E-state index contributed by atoms with van der Waals surface area (Å²) in [4.78, 5) is 11.0. The molecule has 0 bridgehead atoms. The van der Waals surface area contributed by atoms with Crippen LogP contribution in [0.2, 0.25) is 0 Å². The van der Waals surface area contributed by atoms with Crippen molar-refractivity contribution in [3.8, 4) is 0 Å². The highest BCUT2D eigenvalue weighted by molar-refractivity contribution is 5.79. The van der Waals surface area contributed by atoms with Crippen LogP contribution in [0.1, 0.15) is 30.2 Å². The van der Waals surface area contributed by atoms with Crippen LogP contribution in [0.4, 0.5) is 0 Å². The fraction of sp³-hybridized carbons (Fsp3) is 0.750. The topological polar surface area (TPSA) is 72.1 Å². The van der Waals surface area contributed by atoms with Crippen LogP contribution in [0.3, 0.4) is 0 Å². The molecule has 1 N–H and O–H groups in total. The molecule has 7 heteroatoms. The molecule has 2 aliphatic rings. The summed E-state index contributed by atoms with van der Waals surface area (Å²) in [6, 6.07) is 0. The third-order valence-corrected chi connectivity index (χ3v) is 4.45. The number of morpholine rings is 1. The summed E-state index contributed by atoms with van der Waals surface area (Å²) in [5, 5.41) is 3.33. The van der Waals surface area contributed by atoms with Crippen molar-refractivity contribution in [3.63, 3.8) is 0 Å². The molecule has 2 atom stereocenters. The number of nitrogens with zero attached hydrogens (tertiary/aromatic N) is 3. The molecule has 128 valence electrons. The molecule has 23 heavy (non-hydrogen) atoms. The average Bonchev–Trinajstić information content (AvgIpc) is 3.19. The Kier molecular flexibility index (Phi) is 5.17. The highest BCUT2D eigenvalue weighted by Crippen LogP contribution is 2.21. The number of aryl methyl sites for hydroxylation is 2. The SMILES string of the molecule is CN=C(NCc1nc(C)c(C)o1)N1CCOC(C2CCCO2)C1. The Morgan fingerprint density at radius 3 is 2.78 bits per heavy atom. The van der Waals surface area contributed by atoms with Crippen molar-refractivity contribution in [1.82, 2.24) is 15.2 Å². The second kappa shape index (κ2) is 7.31. The minimum Gasteiger partial charge on any atom is -0.444 e. The lowest BCUT2D eigenvalue weighted by Crippen LogP contribution is -2.53. The lowest BCUT2D eigenvalue weighted by atomic mass is 10.1. The zero-order valence-corrected chi connectivity index (χ0v) is 14.2. The molecule has 1 aromatic rings. The van der Waals surface area contributed by atoms with E-state index in [1.54, 1.807) is 7.05 Å². The van der Waals surface area contributed by atoms with E-state index >= 15 is 0 Å². The summed E-state index contributed by atoms with van der Waals surface area (Å²) in [5.74, 6) is 2.40.